The van der Waals surface area contributed by atoms with E-state index in [-0.39, 0.29) is 11.7 Å². The molecular weight excluding hydrogens is 575 g/mol. The molecule has 1 aromatic heterocycles. The van der Waals surface area contributed by atoms with Crippen molar-refractivity contribution in [1.29, 1.82) is 0 Å². The number of anilines is 1. The van der Waals surface area contributed by atoms with Gasteiger partial charge in [-0.05, 0) is 95.8 Å². The Bertz CT molecular complexity index is 1530. The van der Waals surface area contributed by atoms with Crippen LogP contribution in [0.25, 0.3) is 11.3 Å². The van der Waals surface area contributed by atoms with Crippen LogP contribution in [0, 0.1) is 11.7 Å². The Morgan fingerprint density at radius 2 is 1.77 bits per heavy atom. The molecular formula is C36H44ClFN4O2. The van der Waals surface area contributed by atoms with E-state index < -0.39 is 11.4 Å². The summed E-state index contributed by atoms with van der Waals surface area (Å²) < 4.78 is 15.4. The fraction of sp³-hybridized carbons (Fsp3) is 0.361. The highest BCUT2D eigenvalue weighted by Gasteiger charge is 2.26. The topological polar surface area (TPSA) is 67.2 Å². The van der Waals surface area contributed by atoms with Gasteiger partial charge in [0.1, 0.15) is 5.82 Å². The number of amides is 2. The van der Waals surface area contributed by atoms with Crippen LogP contribution in [0.15, 0.2) is 84.6 Å². The third-order valence-electron chi connectivity index (χ3n) is 7.39. The van der Waals surface area contributed by atoms with Gasteiger partial charge in [-0.25, -0.2) is 4.39 Å². The van der Waals surface area contributed by atoms with Crippen LogP contribution >= 0.6 is 11.6 Å². The molecule has 234 valence electrons. The molecule has 1 unspecified atom stereocenters. The largest absolute Gasteiger partial charge is 0.339 e. The Hall–Kier alpha value is -3.97. The normalized spacial score (nSPS) is 13.1. The first kappa shape index (κ1) is 34.5. The van der Waals surface area contributed by atoms with Gasteiger partial charge in [-0.2, -0.15) is 5.10 Å². The summed E-state index contributed by atoms with van der Waals surface area (Å²) >= 11 is 6.53. The van der Waals surface area contributed by atoms with E-state index in [4.69, 9.17) is 11.6 Å². The first-order valence-corrected chi connectivity index (χ1v) is 15.5. The first-order valence-electron chi connectivity index (χ1n) is 15.1. The first-order chi connectivity index (χ1) is 20.9. The number of nitrogens with zero attached hydrogens (tertiary/aromatic N) is 3. The molecule has 0 saturated carbocycles. The Morgan fingerprint density at radius 1 is 1.07 bits per heavy atom. The Labute approximate surface area is 266 Å². The molecule has 44 heavy (non-hydrogen) atoms. The summed E-state index contributed by atoms with van der Waals surface area (Å²) in [4.78, 5) is 29.1. The number of carbonyl (C=O) groups is 2. The van der Waals surface area contributed by atoms with Gasteiger partial charge < -0.3 is 10.2 Å². The van der Waals surface area contributed by atoms with Gasteiger partial charge in [0.25, 0.3) is 11.8 Å². The van der Waals surface area contributed by atoms with Crippen molar-refractivity contribution in [3.8, 4) is 11.3 Å². The maximum atomic E-state index is 13.7. The van der Waals surface area contributed by atoms with Crippen LogP contribution in [0.1, 0.15) is 82.0 Å². The molecule has 2 amide bonds. The number of rotatable bonds is 12. The zero-order valence-electron chi connectivity index (χ0n) is 26.8. The lowest BCUT2D eigenvalue weighted by Crippen LogP contribution is -2.33. The summed E-state index contributed by atoms with van der Waals surface area (Å²) in [6, 6.07) is 10.9. The van der Waals surface area contributed by atoms with Gasteiger partial charge in [-0.3, -0.25) is 14.3 Å². The van der Waals surface area contributed by atoms with Gasteiger partial charge in [0, 0.05) is 24.3 Å². The monoisotopic (exact) mass is 618 g/mol. The van der Waals surface area contributed by atoms with Crippen molar-refractivity contribution in [2.75, 3.05) is 18.4 Å². The van der Waals surface area contributed by atoms with Crippen molar-refractivity contribution >= 4 is 29.1 Å². The van der Waals surface area contributed by atoms with Gasteiger partial charge >= 0.3 is 0 Å². The molecule has 0 aliphatic rings. The smallest absolute Gasteiger partial charge is 0.259 e. The van der Waals surface area contributed by atoms with Gasteiger partial charge in [-0.15, -0.1) is 0 Å². The molecule has 0 spiro atoms. The summed E-state index contributed by atoms with van der Waals surface area (Å²) in [5.74, 6) is -0.647. The van der Waals surface area contributed by atoms with Crippen molar-refractivity contribution in [2.45, 2.75) is 66.8 Å². The molecule has 0 radical (unpaired) electrons. The van der Waals surface area contributed by atoms with Crippen LogP contribution in [0.5, 0.6) is 0 Å². The molecule has 0 saturated heterocycles. The average Bonchev–Trinajstić information content (AvgIpc) is 3.44. The predicted octanol–water partition coefficient (Wildman–Crippen LogP) is 9.31. The van der Waals surface area contributed by atoms with Crippen LogP contribution in [0.3, 0.4) is 0 Å². The molecule has 1 N–H and O–H groups in total. The van der Waals surface area contributed by atoms with Crippen LogP contribution in [-0.4, -0.2) is 39.6 Å². The molecule has 3 rings (SSSR count). The number of carbonyl (C=O) groups excluding carboxylic acids is 2. The van der Waals surface area contributed by atoms with Gasteiger partial charge in [0.2, 0.25) is 0 Å². The number of aromatic nitrogens is 2. The molecule has 6 nitrogen and oxygen atoms in total. The molecule has 2 aromatic carbocycles. The quantitative estimate of drug-likeness (QED) is 0.206. The number of nitrogens with one attached hydrogen (secondary N) is 1. The van der Waals surface area contributed by atoms with E-state index in [1.165, 1.54) is 23.9 Å². The maximum Gasteiger partial charge on any atom is 0.259 e. The Kier molecular flexibility index (Phi) is 12.3. The Balaban J connectivity index is 1.84. The summed E-state index contributed by atoms with van der Waals surface area (Å²) in [7, 11) is 0. The van der Waals surface area contributed by atoms with Crippen molar-refractivity contribution < 1.29 is 14.0 Å². The molecule has 8 heteroatoms. The van der Waals surface area contributed by atoms with E-state index in [1.807, 2.05) is 63.8 Å². The van der Waals surface area contributed by atoms with Crippen LogP contribution in [0.4, 0.5) is 10.1 Å². The fourth-order valence-electron chi connectivity index (χ4n) is 4.75. The molecule has 0 aliphatic heterocycles. The summed E-state index contributed by atoms with van der Waals surface area (Å²) in [6.45, 7) is 15.4. The van der Waals surface area contributed by atoms with Crippen molar-refractivity contribution in [3.05, 3.63) is 107 Å². The van der Waals surface area contributed by atoms with Crippen LogP contribution in [0.2, 0.25) is 5.02 Å². The van der Waals surface area contributed by atoms with E-state index in [2.05, 4.69) is 30.3 Å². The fourth-order valence-corrected chi connectivity index (χ4v) is 4.95. The lowest BCUT2D eigenvalue weighted by atomic mass is 9.98. The number of allylic oxidation sites excluding steroid dienone is 6. The maximum absolute atomic E-state index is 13.7. The van der Waals surface area contributed by atoms with Crippen molar-refractivity contribution in [3.63, 3.8) is 0 Å². The number of benzene rings is 2. The highest BCUT2D eigenvalue weighted by molar-refractivity contribution is 6.34. The third kappa shape index (κ3) is 9.02. The molecule has 0 aliphatic carbocycles. The number of hydrogen-bond donors (Lipinski definition) is 1. The number of halogens is 2. The van der Waals surface area contributed by atoms with Crippen molar-refractivity contribution in [2.24, 2.45) is 5.92 Å². The lowest BCUT2D eigenvalue weighted by molar-refractivity contribution is 0.0749. The molecule has 0 fully saturated rings. The molecule has 1 atom stereocenters. The zero-order chi connectivity index (χ0) is 32.4. The van der Waals surface area contributed by atoms with E-state index in [0.29, 0.717) is 52.1 Å². The summed E-state index contributed by atoms with van der Waals surface area (Å²) in [6.07, 6.45) is 13.2. The SMILES string of the molecule is C/C=C/C=C\C=C(/C)C(C)CCN(CCC)C(=O)c1cc(NC(=O)c2cnn(C(C)(C)C)c2-c2ccc(F)cc2)ccc1Cl. The second-order valence-corrected chi connectivity index (χ2v) is 12.4. The highest BCUT2D eigenvalue weighted by Crippen LogP contribution is 2.30. The minimum absolute atomic E-state index is 0.178. The second kappa shape index (κ2) is 15.7. The Morgan fingerprint density at radius 3 is 2.41 bits per heavy atom. The zero-order valence-corrected chi connectivity index (χ0v) is 27.6. The summed E-state index contributed by atoms with van der Waals surface area (Å²) in [5.41, 5.74) is 3.15. The van der Waals surface area contributed by atoms with Gasteiger partial charge in [-0.1, -0.05) is 61.4 Å². The standard InChI is InChI=1S/C36H44ClFN4O2/c1-8-10-11-12-13-25(3)26(4)20-22-41(21-9-2)35(44)30-23-29(18-19-32(30)37)40-34(43)31-24-39-42(36(5,6)7)33(31)27-14-16-28(38)17-15-27/h8,10-19,23-24,26H,9,20-22H2,1-7H3,(H,40,43)/b10-8+,12-11-,25-13+. The number of hydrogen-bond acceptors (Lipinski definition) is 3. The van der Waals surface area contributed by atoms with E-state index in [1.54, 1.807) is 35.0 Å². The van der Waals surface area contributed by atoms with Crippen molar-refractivity contribution in [1.82, 2.24) is 14.7 Å². The molecule has 1 heterocycles. The second-order valence-electron chi connectivity index (χ2n) is 11.9. The van der Waals surface area contributed by atoms with Gasteiger partial charge in [0.15, 0.2) is 0 Å². The minimum Gasteiger partial charge on any atom is -0.339 e. The van der Waals surface area contributed by atoms with Gasteiger partial charge in [0.05, 0.1) is 33.6 Å². The van der Waals surface area contributed by atoms with E-state index in [9.17, 15) is 14.0 Å². The lowest BCUT2D eigenvalue weighted by Gasteiger charge is -2.25. The minimum atomic E-state index is -0.431. The summed E-state index contributed by atoms with van der Waals surface area (Å²) in [5, 5.41) is 7.73. The van der Waals surface area contributed by atoms with E-state index in [0.717, 1.165) is 12.8 Å². The average molecular weight is 619 g/mol. The van der Waals surface area contributed by atoms with E-state index >= 15 is 0 Å². The van der Waals surface area contributed by atoms with Crippen LogP contribution < -0.4 is 5.32 Å². The predicted molar refractivity (Wildman–Crippen MR) is 180 cm³/mol. The molecule has 0 bridgehead atoms. The highest BCUT2D eigenvalue weighted by atomic mass is 35.5. The van der Waals surface area contributed by atoms with Crippen LogP contribution in [-0.2, 0) is 5.54 Å². The third-order valence-corrected chi connectivity index (χ3v) is 7.72. The molecule has 3 aromatic rings.